The van der Waals surface area contributed by atoms with Crippen LogP contribution in [0.15, 0.2) is 0 Å². The van der Waals surface area contributed by atoms with Crippen molar-refractivity contribution in [1.29, 1.82) is 0 Å². The molecule has 0 bridgehead atoms. The number of rotatable bonds is 3. The quantitative estimate of drug-likeness (QED) is 0.682. The summed E-state index contributed by atoms with van der Waals surface area (Å²) >= 11 is 0. The van der Waals surface area contributed by atoms with Crippen molar-refractivity contribution in [2.75, 3.05) is 0 Å². The summed E-state index contributed by atoms with van der Waals surface area (Å²) in [6, 6.07) is 0. The molecule has 2 nitrogen and oxygen atoms in total. The lowest BCUT2D eigenvalue weighted by Gasteiger charge is -2.33. The van der Waals surface area contributed by atoms with E-state index >= 15 is 0 Å². The van der Waals surface area contributed by atoms with Crippen LogP contribution >= 0.6 is 0 Å². The van der Waals surface area contributed by atoms with Gasteiger partial charge in [-0.15, -0.1) is 0 Å². The van der Waals surface area contributed by atoms with Crippen LogP contribution in [0.4, 0.5) is 0 Å². The van der Waals surface area contributed by atoms with Gasteiger partial charge in [0.1, 0.15) is 6.29 Å². The average Bonchev–Trinajstić information content (AvgIpc) is 2.30. The van der Waals surface area contributed by atoms with Crippen LogP contribution in [0.1, 0.15) is 46.5 Å². The molecule has 1 aliphatic carbocycles. The van der Waals surface area contributed by atoms with Crippen LogP contribution in [-0.4, -0.2) is 17.0 Å². The average molecular weight is 184 g/mol. The van der Waals surface area contributed by atoms with E-state index in [0.29, 0.717) is 12.3 Å². The number of hydrogen-bond acceptors (Lipinski definition) is 2. The Hall–Kier alpha value is -0.370. The number of aliphatic hydroxyl groups is 1. The van der Waals surface area contributed by atoms with Gasteiger partial charge in [-0.25, -0.2) is 0 Å². The Labute approximate surface area is 80.3 Å². The van der Waals surface area contributed by atoms with Crippen LogP contribution in [0.2, 0.25) is 0 Å². The SMILES string of the molecule is CC1CCCC1(C=O)CC(C)(C)O. The monoisotopic (exact) mass is 184 g/mol. The Morgan fingerprint density at radius 2 is 2.23 bits per heavy atom. The molecule has 1 rings (SSSR count). The molecular weight excluding hydrogens is 164 g/mol. The molecule has 0 spiro atoms. The molecule has 0 aromatic carbocycles. The molecule has 0 heterocycles. The largest absolute Gasteiger partial charge is 0.390 e. The minimum Gasteiger partial charge on any atom is -0.390 e. The minimum atomic E-state index is -0.723. The van der Waals surface area contributed by atoms with Crippen molar-refractivity contribution in [1.82, 2.24) is 0 Å². The van der Waals surface area contributed by atoms with Crippen LogP contribution < -0.4 is 0 Å². The van der Waals surface area contributed by atoms with Crippen molar-refractivity contribution < 1.29 is 9.90 Å². The zero-order valence-corrected chi connectivity index (χ0v) is 8.84. The summed E-state index contributed by atoms with van der Waals surface area (Å²) < 4.78 is 0. The third-order valence-electron chi connectivity index (χ3n) is 3.26. The zero-order valence-electron chi connectivity index (χ0n) is 8.84. The number of hydrogen-bond donors (Lipinski definition) is 1. The number of carbonyl (C=O) groups is 1. The van der Waals surface area contributed by atoms with Gasteiger partial charge in [0, 0.05) is 5.41 Å². The number of carbonyl (C=O) groups excluding carboxylic acids is 1. The lowest BCUT2D eigenvalue weighted by Crippen LogP contribution is -2.35. The van der Waals surface area contributed by atoms with Crippen LogP contribution in [0, 0.1) is 11.3 Å². The lowest BCUT2D eigenvalue weighted by molar-refractivity contribution is -0.121. The first kappa shape index (κ1) is 10.7. The van der Waals surface area contributed by atoms with Crippen molar-refractivity contribution in [2.45, 2.75) is 52.1 Å². The van der Waals surface area contributed by atoms with Crippen LogP contribution in [0.3, 0.4) is 0 Å². The van der Waals surface area contributed by atoms with E-state index in [9.17, 15) is 9.90 Å². The first-order valence-electron chi connectivity index (χ1n) is 5.08. The van der Waals surface area contributed by atoms with E-state index in [4.69, 9.17) is 0 Å². The van der Waals surface area contributed by atoms with E-state index in [2.05, 4.69) is 6.92 Å². The summed E-state index contributed by atoms with van der Waals surface area (Å²) in [5.41, 5.74) is -0.974. The second kappa shape index (κ2) is 3.41. The predicted octanol–water partition coefficient (Wildman–Crippen LogP) is 2.15. The van der Waals surface area contributed by atoms with Gasteiger partial charge < -0.3 is 9.90 Å². The Morgan fingerprint density at radius 1 is 1.62 bits per heavy atom. The van der Waals surface area contributed by atoms with Crippen molar-refractivity contribution in [3.63, 3.8) is 0 Å². The van der Waals surface area contributed by atoms with Crippen LogP contribution in [0.25, 0.3) is 0 Å². The molecule has 1 fully saturated rings. The number of aldehydes is 1. The minimum absolute atomic E-state index is 0.252. The maximum absolute atomic E-state index is 11.1. The molecule has 76 valence electrons. The van der Waals surface area contributed by atoms with E-state index < -0.39 is 5.60 Å². The third-order valence-corrected chi connectivity index (χ3v) is 3.26. The second-order valence-corrected chi connectivity index (χ2v) is 5.13. The topological polar surface area (TPSA) is 37.3 Å². The third kappa shape index (κ3) is 2.31. The summed E-state index contributed by atoms with van der Waals surface area (Å²) in [4.78, 5) is 11.1. The highest BCUT2D eigenvalue weighted by Crippen LogP contribution is 2.46. The van der Waals surface area contributed by atoms with Crippen molar-refractivity contribution in [2.24, 2.45) is 11.3 Å². The second-order valence-electron chi connectivity index (χ2n) is 5.13. The summed E-state index contributed by atoms with van der Waals surface area (Å²) in [5.74, 6) is 0.427. The summed E-state index contributed by atoms with van der Waals surface area (Å²) in [6.07, 6.45) is 4.86. The maximum atomic E-state index is 11.1. The molecule has 2 unspecified atom stereocenters. The van der Waals surface area contributed by atoms with Gasteiger partial charge in [0.2, 0.25) is 0 Å². The van der Waals surface area contributed by atoms with Gasteiger partial charge in [-0.05, 0) is 39.0 Å². The van der Waals surface area contributed by atoms with Gasteiger partial charge >= 0.3 is 0 Å². The highest BCUT2D eigenvalue weighted by Gasteiger charge is 2.43. The van der Waals surface area contributed by atoms with Gasteiger partial charge in [0.25, 0.3) is 0 Å². The lowest BCUT2D eigenvalue weighted by atomic mass is 9.73. The van der Waals surface area contributed by atoms with E-state index in [1.807, 2.05) is 0 Å². The molecule has 0 radical (unpaired) electrons. The molecule has 1 saturated carbocycles. The molecule has 0 aliphatic heterocycles. The van der Waals surface area contributed by atoms with Crippen LogP contribution in [-0.2, 0) is 4.79 Å². The smallest absolute Gasteiger partial charge is 0.126 e. The summed E-state index contributed by atoms with van der Waals surface area (Å²) in [5, 5.41) is 9.73. The van der Waals surface area contributed by atoms with E-state index in [1.165, 1.54) is 0 Å². The fourth-order valence-electron chi connectivity index (χ4n) is 2.56. The van der Waals surface area contributed by atoms with Crippen molar-refractivity contribution in [3.05, 3.63) is 0 Å². The molecule has 2 heteroatoms. The van der Waals surface area contributed by atoms with Gasteiger partial charge in [0.15, 0.2) is 0 Å². The molecule has 1 aliphatic rings. The van der Waals surface area contributed by atoms with Crippen molar-refractivity contribution >= 4 is 6.29 Å². The van der Waals surface area contributed by atoms with E-state index in [-0.39, 0.29) is 5.41 Å². The molecule has 13 heavy (non-hydrogen) atoms. The summed E-state index contributed by atoms with van der Waals surface area (Å²) in [7, 11) is 0. The standard InChI is InChI=1S/C11H20O2/c1-9-5-4-6-11(9,8-12)7-10(2,3)13/h8-9,13H,4-7H2,1-3H3. The van der Waals surface area contributed by atoms with Gasteiger partial charge in [-0.1, -0.05) is 13.3 Å². The molecule has 0 aromatic heterocycles. The molecule has 2 atom stereocenters. The van der Waals surface area contributed by atoms with Gasteiger partial charge in [-0.2, -0.15) is 0 Å². The highest BCUT2D eigenvalue weighted by atomic mass is 16.3. The fraction of sp³-hybridized carbons (Fsp3) is 0.909. The van der Waals surface area contributed by atoms with Crippen molar-refractivity contribution in [3.8, 4) is 0 Å². The Balaban J connectivity index is 2.76. The first-order valence-corrected chi connectivity index (χ1v) is 5.08. The Kier molecular flexibility index (Phi) is 2.81. The van der Waals surface area contributed by atoms with Gasteiger partial charge in [0.05, 0.1) is 5.60 Å². The molecular formula is C11H20O2. The first-order chi connectivity index (χ1) is 5.90. The molecule has 0 aromatic rings. The van der Waals surface area contributed by atoms with Gasteiger partial charge in [-0.3, -0.25) is 0 Å². The fourth-order valence-corrected chi connectivity index (χ4v) is 2.56. The highest BCUT2D eigenvalue weighted by molar-refractivity contribution is 5.60. The predicted molar refractivity (Wildman–Crippen MR) is 52.4 cm³/mol. The zero-order chi connectivity index (χ0) is 10.1. The molecule has 1 N–H and O–H groups in total. The van der Waals surface area contributed by atoms with E-state index in [1.54, 1.807) is 13.8 Å². The molecule has 0 saturated heterocycles. The van der Waals surface area contributed by atoms with Crippen LogP contribution in [0.5, 0.6) is 0 Å². The normalized spacial score (nSPS) is 34.9. The summed E-state index contributed by atoms with van der Waals surface area (Å²) in [6.45, 7) is 5.68. The molecule has 0 amide bonds. The maximum Gasteiger partial charge on any atom is 0.126 e. The van der Waals surface area contributed by atoms with E-state index in [0.717, 1.165) is 25.5 Å². The Morgan fingerprint density at radius 3 is 2.54 bits per heavy atom. The Bertz CT molecular complexity index is 193.